The molecule has 0 bridgehead atoms. The van der Waals surface area contributed by atoms with Crippen molar-refractivity contribution in [1.29, 1.82) is 0 Å². The molecule has 0 saturated heterocycles. The molecule has 0 saturated carbocycles. The Morgan fingerprint density at radius 3 is 2.20 bits per heavy atom. The van der Waals surface area contributed by atoms with Gasteiger partial charge >= 0.3 is 0 Å². The molecule has 0 aromatic carbocycles. The molecule has 52 valence electrons. The minimum Gasteiger partial charge on any atom is -0.234 e. The largest absolute Gasteiger partial charge is 0.234 e. The minimum atomic E-state index is 0.355. The maximum Gasteiger partial charge on any atom is 0.113 e. The first kappa shape index (κ1) is 7.81. The van der Waals surface area contributed by atoms with Crippen molar-refractivity contribution in [3.63, 3.8) is 0 Å². The average Bonchev–Trinajstić information content (AvgIpc) is 1.85. The van der Waals surface area contributed by atoms with E-state index in [1.54, 1.807) is 0 Å². The highest BCUT2D eigenvalue weighted by Crippen LogP contribution is 2.21. The van der Waals surface area contributed by atoms with Crippen molar-refractivity contribution in [1.82, 2.24) is 4.98 Å². The molecule has 0 aliphatic rings. The van der Waals surface area contributed by atoms with Crippen molar-refractivity contribution in [3.8, 4) is 0 Å². The van der Waals surface area contributed by atoms with Crippen molar-refractivity contribution in [3.05, 3.63) is 26.2 Å². The molecule has 0 radical (unpaired) electrons. The van der Waals surface area contributed by atoms with Gasteiger partial charge in [-0.2, -0.15) is 0 Å². The van der Waals surface area contributed by atoms with Crippen molar-refractivity contribution in [2.75, 3.05) is 0 Å². The lowest BCUT2D eigenvalue weighted by Gasteiger charge is -1.91. The van der Waals surface area contributed by atoms with Gasteiger partial charge in [-0.1, -0.05) is 0 Å². The molecule has 5 heteroatoms. The fraction of sp³-hybridized carbons (Fsp3) is 0. The number of nitroso groups, excluding NO2 is 1. The molecule has 1 aromatic rings. The first-order valence-electron chi connectivity index (χ1n) is 2.39. The molecule has 10 heavy (non-hydrogen) atoms. The van der Waals surface area contributed by atoms with Crippen molar-refractivity contribution >= 4 is 37.5 Å². The third-order valence-electron chi connectivity index (χ3n) is 0.853. The van der Waals surface area contributed by atoms with E-state index in [-0.39, 0.29) is 0 Å². The third kappa shape index (κ3) is 1.85. The number of pyridine rings is 1. The summed E-state index contributed by atoms with van der Waals surface area (Å²) in [6, 6.07) is 3.08. The summed E-state index contributed by atoms with van der Waals surface area (Å²) >= 11 is 6.23. The summed E-state index contributed by atoms with van der Waals surface area (Å²) in [5.74, 6) is 0. The van der Waals surface area contributed by atoms with Crippen LogP contribution in [0.15, 0.2) is 26.5 Å². The Balaban J connectivity index is 3.18. The summed E-state index contributed by atoms with van der Waals surface area (Å²) in [6.07, 6.45) is 0. The van der Waals surface area contributed by atoms with Crippen LogP contribution in [0.5, 0.6) is 0 Å². The lowest BCUT2D eigenvalue weighted by molar-refractivity contribution is 1.22. The van der Waals surface area contributed by atoms with E-state index in [1.807, 2.05) is 0 Å². The van der Waals surface area contributed by atoms with Crippen LogP contribution < -0.4 is 0 Å². The average molecular weight is 266 g/mol. The van der Waals surface area contributed by atoms with Crippen LogP contribution in [0, 0.1) is 4.91 Å². The topological polar surface area (TPSA) is 42.3 Å². The molecule has 0 atom stereocenters. The molecule has 0 aliphatic heterocycles. The molecule has 0 spiro atoms. The SMILES string of the molecule is O=Nc1cc(Br)nc(Br)c1. The predicted octanol–water partition coefficient (Wildman–Crippen LogP) is 3.00. The minimum absolute atomic E-state index is 0.355. The Labute approximate surface area is 74.1 Å². The molecule has 0 N–H and O–H groups in total. The summed E-state index contributed by atoms with van der Waals surface area (Å²) in [5, 5.41) is 2.74. The highest BCUT2D eigenvalue weighted by atomic mass is 79.9. The standard InChI is InChI=1S/C5H2Br2N2O/c6-4-1-3(9-10)2-5(7)8-4/h1-2H. The lowest BCUT2D eigenvalue weighted by Crippen LogP contribution is -1.75. The molecule has 1 heterocycles. The zero-order valence-electron chi connectivity index (χ0n) is 4.71. The van der Waals surface area contributed by atoms with Crippen LogP contribution in [-0.2, 0) is 0 Å². The molecule has 0 unspecified atom stereocenters. The van der Waals surface area contributed by atoms with Gasteiger partial charge in [0.15, 0.2) is 0 Å². The van der Waals surface area contributed by atoms with Crippen molar-refractivity contribution in [2.45, 2.75) is 0 Å². The van der Waals surface area contributed by atoms with Crippen molar-refractivity contribution < 1.29 is 0 Å². The molecular formula is C5H2Br2N2O. The highest BCUT2D eigenvalue weighted by Gasteiger charge is 1.96. The number of aromatic nitrogens is 1. The van der Waals surface area contributed by atoms with E-state index >= 15 is 0 Å². The highest BCUT2D eigenvalue weighted by molar-refractivity contribution is 9.11. The van der Waals surface area contributed by atoms with E-state index in [2.05, 4.69) is 42.0 Å². The van der Waals surface area contributed by atoms with Gasteiger partial charge in [0.1, 0.15) is 14.9 Å². The Bertz CT molecular complexity index is 244. The molecule has 1 aromatic heterocycles. The molecule has 0 amide bonds. The van der Waals surface area contributed by atoms with Gasteiger partial charge in [-0.05, 0) is 37.0 Å². The van der Waals surface area contributed by atoms with E-state index in [1.165, 1.54) is 12.1 Å². The fourth-order valence-electron chi connectivity index (χ4n) is 0.505. The predicted molar refractivity (Wildman–Crippen MR) is 45.1 cm³/mol. The monoisotopic (exact) mass is 264 g/mol. The molecular weight excluding hydrogens is 264 g/mol. The van der Waals surface area contributed by atoms with E-state index in [9.17, 15) is 4.91 Å². The van der Waals surface area contributed by atoms with Gasteiger partial charge in [0.05, 0.1) is 0 Å². The number of nitrogens with zero attached hydrogens (tertiary/aromatic N) is 2. The molecule has 3 nitrogen and oxygen atoms in total. The summed E-state index contributed by atoms with van der Waals surface area (Å²) in [6.45, 7) is 0. The van der Waals surface area contributed by atoms with Crippen LogP contribution in [-0.4, -0.2) is 4.98 Å². The number of hydrogen-bond acceptors (Lipinski definition) is 3. The van der Waals surface area contributed by atoms with Crippen LogP contribution in [0.2, 0.25) is 0 Å². The van der Waals surface area contributed by atoms with Gasteiger partial charge < -0.3 is 0 Å². The Morgan fingerprint density at radius 1 is 1.30 bits per heavy atom. The maximum atomic E-state index is 9.99. The van der Waals surface area contributed by atoms with Crippen molar-refractivity contribution in [2.24, 2.45) is 5.18 Å². The van der Waals surface area contributed by atoms with E-state index in [0.717, 1.165) is 0 Å². The zero-order chi connectivity index (χ0) is 7.56. The molecule has 0 aliphatic carbocycles. The third-order valence-corrected chi connectivity index (χ3v) is 1.67. The smallest absolute Gasteiger partial charge is 0.113 e. The second-order valence-corrected chi connectivity index (χ2v) is 3.19. The Morgan fingerprint density at radius 2 is 1.80 bits per heavy atom. The van der Waals surface area contributed by atoms with Crippen LogP contribution in [0.1, 0.15) is 0 Å². The quantitative estimate of drug-likeness (QED) is 0.579. The number of rotatable bonds is 1. The van der Waals surface area contributed by atoms with Gasteiger partial charge in [0.25, 0.3) is 0 Å². The first-order valence-corrected chi connectivity index (χ1v) is 3.97. The summed E-state index contributed by atoms with van der Waals surface area (Å²) < 4.78 is 1.19. The van der Waals surface area contributed by atoms with Crippen LogP contribution >= 0.6 is 31.9 Å². The maximum absolute atomic E-state index is 9.99. The Kier molecular flexibility index (Phi) is 2.50. The second-order valence-electron chi connectivity index (χ2n) is 1.56. The van der Waals surface area contributed by atoms with E-state index in [0.29, 0.717) is 14.9 Å². The number of hydrogen-bond donors (Lipinski definition) is 0. The van der Waals surface area contributed by atoms with Gasteiger partial charge in [-0.15, -0.1) is 4.91 Å². The number of halogens is 2. The van der Waals surface area contributed by atoms with Crippen LogP contribution in [0.4, 0.5) is 5.69 Å². The normalized spacial score (nSPS) is 9.40. The summed E-state index contributed by atoms with van der Waals surface area (Å²) in [5.41, 5.74) is 0.355. The molecule has 0 fully saturated rings. The van der Waals surface area contributed by atoms with Gasteiger partial charge in [-0.25, -0.2) is 4.98 Å². The van der Waals surface area contributed by atoms with Gasteiger partial charge in [0.2, 0.25) is 0 Å². The van der Waals surface area contributed by atoms with E-state index in [4.69, 9.17) is 0 Å². The summed E-state index contributed by atoms with van der Waals surface area (Å²) in [4.78, 5) is 13.9. The molecule has 1 rings (SSSR count). The van der Waals surface area contributed by atoms with Gasteiger partial charge in [-0.3, -0.25) is 0 Å². The zero-order valence-corrected chi connectivity index (χ0v) is 7.89. The lowest BCUT2D eigenvalue weighted by atomic mass is 10.4. The van der Waals surface area contributed by atoms with E-state index < -0.39 is 0 Å². The Hall–Kier alpha value is -0.290. The first-order chi connectivity index (χ1) is 4.72. The second kappa shape index (κ2) is 3.21. The van der Waals surface area contributed by atoms with Gasteiger partial charge in [0, 0.05) is 12.1 Å². The fourth-order valence-corrected chi connectivity index (χ4v) is 1.59. The van der Waals surface area contributed by atoms with Crippen LogP contribution in [0.3, 0.4) is 0 Å². The van der Waals surface area contributed by atoms with Crippen LogP contribution in [0.25, 0.3) is 0 Å². The summed E-state index contributed by atoms with van der Waals surface area (Å²) in [7, 11) is 0.